The largest absolute Gasteiger partial charge is 0.480 e. The number of benzene rings is 1. The Morgan fingerprint density at radius 2 is 1.75 bits per heavy atom. The van der Waals surface area contributed by atoms with Gasteiger partial charge in [0, 0.05) is 50.5 Å². The number of piperidine rings is 1. The van der Waals surface area contributed by atoms with E-state index < -0.39 is 5.97 Å². The molecule has 0 aromatic heterocycles. The van der Waals surface area contributed by atoms with E-state index in [9.17, 15) is 9.90 Å². The van der Waals surface area contributed by atoms with Crippen molar-refractivity contribution in [2.24, 2.45) is 29.6 Å². The van der Waals surface area contributed by atoms with Crippen LogP contribution in [0.5, 0.6) is 0 Å². The fourth-order valence-electron chi connectivity index (χ4n) is 9.21. The molecule has 2 aliphatic carbocycles. The Morgan fingerprint density at radius 1 is 1.00 bits per heavy atom. The fraction of sp³-hybridized carbons (Fsp3) is 0.658. The van der Waals surface area contributed by atoms with Crippen LogP contribution in [0.2, 0.25) is 0 Å². The van der Waals surface area contributed by atoms with E-state index in [0.29, 0.717) is 41.7 Å². The molecule has 3 heterocycles. The van der Waals surface area contributed by atoms with Crippen molar-refractivity contribution in [2.75, 3.05) is 32.7 Å². The number of hydrogen-bond donors (Lipinski definition) is 2. The molecule has 6 nitrogen and oxygen atoms in total. The summed E-state index contributed by atoms with van der Waals surface area (Å²) < 4.78 is 0. The van der Waals surface area contributed by atoms with E-state index >= 15 is 0 Å². The summed E-state index contributed by atoms with van der Waals surface area (Å²) in [6.45, 7) is 9.83. The minimum absolute atomic E-state index is 0.306. The van der Waals surface area contributed by atoms with Crippen molar-refractivity contribution in [1.82, 2.24) is 20.2 Å². The predicted octanol–water partition coefficient (Wildman–Crippen LogP) is 6.53. The number of likely N-dealkylation sites (tertiary alicyclic amines) is 2. The summed E-state index contributed by atoms with van der Waals surface area (Å²) in [4.78, 5) is 17.8. The Labute approximate surface area is 266 Å². The van der Waals surface area contributed by atoms with Gasteiger partial charge in [-0.1, -0.05) is 87.7 Å². The van der Waals surface area contributed by atoms with E-state index in [-0.39, 0.29) is 6.04 Å². The van der Waals surface area contributed by atoms with E-state index in [4.69, 9.17) is 0 Å². The zero-order valence-corrected chi connectivity index (χ0v) is 27.2. The molecule has 44 heavy (non-hydrogen) atoms. The zero-order chi connectivity index (χ0) is 30.5. The van der Waals surface area contributed by atoms with Gasteiger partial charge in [-0.25, -0.2) is 5.43 Å². The number of carbonyl (C=O) groups is 1. The molecular weight excluding hydrogens is 544 g/mol. The van der Waals surface area contributed by atoms with Gasteiger partial charge in [0.05, 0.1) is 0 Å². The van der Waals surface area contributed by atoms with Gasteiger partial charge in [0.1, 0.15) is 6.04 Å². The Morgan fingerprint density at radius 3 is 2.45 bits per heavy atom. The van der Waals surface area contributed by atoms with Crippen LogP contribution in [-0.4, -0.2) is 76.7 Å². The number of carboxylic acid groups (broad SMARTS) is 1. The van der Waals surface area contributed by atoms with Crippen LogP contribution in [0, 0.1) is 29.6 Å². The maximum Gasteiger partial charge on any atom is 0.321 e. The highest BCUT2D eigenvalue weighted by atomic mass is 16.4. The number of carboxylic acids is 1. The van der Waals surface area contributed by atoms with Crippen molar-refractivity contribution in [3.05, 3.63) is 72.0 Å². The lowest BCUT2D eigenvalue weighted by Gasteiger charge is -2.41. The summed E-state index contributed by atoms with van der Waals surface area (Å²) in [5.74, 6) is 1.73. The average molecular weight is 601 g/mol. The molecule has 240 valence electrons. The number of rotatable bonds is 11. The third-order valence-electron chi connectivity index (χ3n) is 11.6. The molecule has 2 saturated heterocycles. The Kier molecular flexibility index (Phi) is 10.6. The molecule has 6 heteroatoms. The van der Waals surface area contributed by atoms with Gasteiger partial charge >= 0.3 is 5.97 Å². The smallest absolute Gasteiger partial charge is 0.321 e. The van der Waals surface area contributed by atoms with Crippen molar-refractivity contribution < 1.29 is 9.90 Å². The molecule has 0 radical (unpaired) electrons. The Hall–Kier alpha value is -2.41. The van der Waals surface area contributed by atoms with Crippen molar-refractivity contribution in [3.8, 4) is 0 Å². The summed E-state index contributed by atoms with van der Waals surface area (Å²) in [5, 5.41) is 13.0. The van der Waals surface area contributed by atoms with Gasteiger partial charge in [-0.3, -0.25) is 9.69 Å². The summed E-state index contributed by atoms with van der Waals surface area (Å²) in [5.41, 5.74) is 6.76. The molecule has 1 saturated carbocycles. The molecule has 0 bridgehead atoms. The first-order valence-electron chi connectivity index (χ1n) is 17.8. The number of nitrogens with one attached hydrogen (secondary N) is 1. The summed E-state index contributed by atoms with van der Waals surface area (Å²) in [6, 6.07) is 11.5. The second-order valence-electron chi connectivity index (χ2n) is 14.4. The number of nitrogens with zero attached hydrogens (tertiary/aromatic N) is 3. The molecule has 6 atom stereocenters. The van der Waals surface area contributed by atoms with Crippen LogP contribution in [0.1, 0.15) is 77.2 Å². The molecule has 1 aromatic carbocycles. The molecule has 3 aliphatic heterocycles. The van der Waals surface area contributed by atoms with Crippen molar-refractivity contribution in [3.63, 3.8) is 0 Å². The van der Waals surface area contributed by atoms with E-state index in [2.05, 4.69) is 94.8 Å². The van der Waals surface area contributed by atoms with Gasteiger partial charge < -0.3 is 15.0 Å². The lowest BCUT2D eigenvalue weighted by Crippen LogP contribution is -2.50. The molecule has 4 unspecified atom stereocenters. The third-order valence-corrected chi connectivity index (χ3v) is 11.6. The standard InChI is InChI=1S/C38H56N4O2/c1-3-33-24-32(19-18-29-13-6-4-7-14-29)39-42(33)34-20-22-40(23-21-34)25-31-26-41(27-36(31)35-17-11-10-12-28(35)2)37(38(43)44)30-15-8-5-9-16-30/h4,6-7,10-14,17,24,28,30-32,34-37,39H,3,5,8-9,15-16,18-23,25-27H2,1-2H3,(H,43,44)/t28?,31-,32?,35?,36?,37+/m0/s1. The fourth-order valence-corrected chi connectivity index (χ4v) is 9.21. The maximum atomic E-state index is 12.7. The van der Waals surface area contributed by atoms with Crippen molar-refractivity contribution in [2.45, 2.75) is 96.2 Å². The normalized spacial score (nSPS) is 31.5. The highest BCUT2D eigenvalue weighted by molar-refractivity contribution is 5.74. The molecule has 5 aliphatic rings. The van der Waals surface area contributed by atoms with Crippen LogP contribution in [0.25, 0.3) is 0 Å². The number of hydrogen-bond acceptors (Lipinski definition) is 5. The SMILES string of the molecule is CCC1=CC(CCc2ccccc2)NN1C1CCN(C[C@H]2CN([C@@H](C(=O)O)C3CCCCC3)CC2C2C=CC=CC2C)CC1. The van der Waals surface area contributed by atoms with Crippen molar-refractivity contribution in [1.29, 1.82) is 0 Å². The van der Waals surface area contributed by atoms with Crippen LogP contribution in [-0.2, 0) is 11.2 Å². The molecular formula is C38H56N4O2. The Bertz CT molecular complexity index is 1170. The number of allylic oxidation sites excluding steroid dienone is 5. The first kappa shape index (κ1) is 31.6. The summed E-state index contributed by atoms with van der Waals surface area (Å²) in [7, 11) is 0. The van der Waals surface area contributed by atoms with E-state index in [0.717, 1.165) is 64.8 Å². The monoisotopic (exact) mass is 600 g/mol. The molecule has 0 spiro atoms. The van der Waals surface area contributed by atoms with Gasteiger partial charge in [0.25, 0.3) is 0 Å². The molecule has 3 fully saturated rings. The van der Waals surface area contributed by atoms with Crippen LogP contribution < -0.4 is 5.43 Å². The first-order chi connectivity index (χ1) is 21.5. The highest BCUT2D eigenvalue weighted by Crippen LogP contribution is 2.41. The average Bonchev–Trinajstić information content (AvgIpc) is 3.65. The molecule has 6 rings (SSSR count). The highest BCUT2D eigenvalue weighted by Gasteiger charge is 2.45. The zero-order valence-electron chi connectivity index (χ0n) is 27.2. The van der Waals surface area contributed by atoms with Gasteiger partial charge in [-0.05, 0) is 86.2 Å². The predicted molar refractivity (Wildman–Crippen MR) is 179 cm³/mol. The van der Waals surface area contributed by atoms with Crippen LogP contribution in [0.4, 0.5) is 0 Å². The summed E-state index contributed by atoms with van der Waals surface area (Å²) >= 11 is 0. The number of aliphatic carboxylic acids is 1. The van der Waals surface area contributed by atoms with E-state index in [1.54, 1.807) is 0 Å². The minimum atomic E-state index is -0.593. The van der Waals surface area contributed by atoms with Gasteiger partial charge in [0.2, 0.25) is 0 Å². The topological polar surface area (TPSA) is 59.0 Å². The minimum Gasteiger partial charge on any atom is -0.480 e. The lowest BCUT2D eigenvalue weighted by atomic mass is 9.75. The first-order valence-corrected chi connectivity index (χ1v) is 17.8. The third kappa shape index (κ3) is 7.35. The van der Waals surface area contributed by atoms with E-state index in [1.165, 1.54) is 43.4 Å². The lowest BCUT2D eigenvalue weighted by molar-refractivity contribution is -0.145. The van der Waals surface area contributed by atoms with Gasteiger partial charge in [-0.15, -0.1) is 0 Å². The molecule has 0 amide bonds. The van der Waals surface area contributed by atoms with Crippen molar-refractivity contribution >= 4 is 5.97 Å². The second-order valence-corrected chi connectivity index (χ2v) is 14.4. The van der Waals surface area contributed by atoms with Gasteiger partial charge in [-0.2, -0.15) is 0 Å². The number of aryl methyl sites for hydroxylation is 1. The summed E-state index contributed by atoms with van der Waals surface area (Å²) in [6.07, 6.45) is 23.1. The maximum absolute atomic E-state index is 12.7. The van der Waals surface area contributed by atoms with Crippen LogP contribution >= 0.6 is 0 Å². The quantitative estimate of drug-likeness (QED) is 0.301. The number of hydrazine groups is 1. The van der Waals surface area contributed by atoms with E-state index in [1.807, 2.05) is 0 Å². The Balaban J connectivity index is 1.07. The van der Waals surface area contributed by atoms with Crippen LogP contribution in [0.3, 0.4) is 0 Å². The second kappa shape index (κ2) is 14.8. The molecule has 1 aromatic rings. The van der Waals surface area contributed by atoms with Crippen LogP contribution in [0.15, 0.2) is 66.4 Å². The molecule has 2 N–H and O–H groups in total. The van der Waals surface area contributed by atoms with Gasteiger partial charge in [0.15, 0.2) is 0 Å².